The minimum atomic E-state index is -3.73. The first-order valence-corrected chi connectivity index (χ1v) is 11.4. The highest BCUT2D eigenvalue weighted by Crippen LogP contribution is 2.40. The van der Waals surface area contributed by atoms with E-state index < -0.39 is 10.0 Å². The summed E-state index contributed by atoms with van der Waals surface area (Å²) in [5, 5.41) is 8.43. The smallest absolute Gasteiger partial charge is 0.246 e. The number of hydrogen-bond acceptors (Lipinski definition) is 7. The SMILES string of the molecule is CC#Cc1ccc2nc(N[C@H](C)c3ccc(S(N)(=O)=O)cc3)nc(OC3(C)CC3)c2n1. The van der Waals surface area contributed by atoms with E-state index in [0.29, 0.717) is 28.6 Å². The summed E-state index contributed by atoms with van der Waals surface area (Å²) in [6.45, 7) is 5.73. The Morgan fingerprint density at radius 3 is 2.45 bits per heavy atom. The first-order chi connectivity index (χ1) is 14.7. The molecule has 1 atom stereocenters. The minimum absolute atomic E-state index is 0.0656. The van der Waals surface area contributed by atoms with Gasteiger partial charge in [-0.3, -0.25) is 0 Å². The molecule has 1 saturated carbocycles. The highest BCUT2D eigenvalue weighted by Gasteiger charge is 2.41. The molecule has 0 radical (unpaired) electrons. The maximum atomic E-state index is 11.5. The van der Waals surface area contributed by atoms with Crippen LogP contribution in [0.2, 0.25) is 0 Å². The Bertz CT molecular complexity index is 1310. The quantitative estimate of drug-likeness (QED) is 0.568. The molecule has 1 aromatic carbocycles. The first kappa shape index (κ1) is 21.0. The van der Waals surface area contributed by atoms with Crippen molar-refractivity contribution in [3.8, 4) is 17.7 Å². The highest BCUT2D eigenvalue weighted by molar-refractivity contribution is 7.89. The van der Waals surface area contributed by atoms with Gasteiger partial charge >= 0.3 is 0 Å². The van der Waals surface area contributed by atoms with E-state index in [9.17, 15) is 8.42 Å². The van der Waals surface area contributed by atoms with Gasteiger partial charge in [0.1, 0.15) is 11.3 Å². The number of aromatic nitrogens is 3. The second-order valence-corrected chi connectivity index (χ2v) is 9.39. The number of hydrogen-bond donors (Lipinski definition) is 2. The van der Waals surface area contributed by atoms with Crippen molar-refractivity contribution in [3.63, 3.8) is 0 Å². The summed E-state index contributed by atoms with van der Waals surface area (Å²) in [5.74, 6) is 6.61. The molecule has 0 saturated heterocycles. The summed E-state index contributed by atoms with van der Waals surface area (Å²) < 4.78 is 29.1. The van der Waals surface area contributed by atoms with Gasteiger partial charge in [0.25, 0.3) is 0 Å². The number of sulfonamides is 1. The summed E-state index contributed by atoms with van der Waals surface area (Å²) in [5.41, 5.74) is 2.48. The lowest BCUT2D eigenvalue weighted by molar-refractivity contribution is 0.194. The van der Waals surface area contributed by atoms with Gasteiger partial charge in [0.2, 0.25) is 21.9 Å². The summed E-state index contributed by atoms with van der Waals surface area (Å²) in [6.07, 6.45) is 1.92. The second kappa shape index (κ2) is 7.80. The summed E-state index contributed by atoms with van der Waals surface area (Å²) in [4.78, 5) is 13.8. The molecule has 2 heterocycles. The molecule has 1 aliphatic carbocycles. The molecule has 4 rings (SSSR count). The van der Waals surface area contributed by atoms with Gasteiger partial charge in [-0.15, -0.1) is 0 Å². The Balaban J connectivity index is 1.66. The first-order valence-electron chi connectivity index (χ1n) is 9.87. The molecule has 2 aromatic heterocycles. The average molecular weight is 438 g/mol. The van der Waals surface area contributed by atoms with E-state index in [0.717, 1.165) is 18.4 Å². The third-order valence-corrected chi connectivity index (χ3v) is 6.04. The number of primary sulfonamides is 1. The van der Waals surface area contributed by atoms with Crippen molar-refractivity contribution in [1.29, 1.82) is 0 Å². The Hall–Kier alpha value is -3.22. The van der Waals surface area contributed by atoms with Crippen molar-refractivity contribution in [1.82, 2.24) is 15.0 Å². The molecule has 3 aromatic rings. The van der Waals surface area contributed by atoms with Crippen molar-refractivity contribution < 1.29 is 13.2 Å². The molecular weight excluding hydrogens is 414 g/mol. The van der Waals surface area contributed by atoms with Crippen molar-refractivity contribution in [2.24, 2.45) is 5.14 Å². The maximum Gasteiger partial charge on any atom is 0.246 e. The minimum Gasteiger partial charge on any atom is -0.470 e. The average Bonchev–Trinajstić information content (AvgIpc) is 3.44. The molecule has 3 N–H and O–H groups in total. The van der Waals surface area contributed by atoms with E-state index in [-0.39, 0.29) is 16.5 Å². The van der Waals surface area contributed by atoms with Gasteiger partial charge in [0.15, 0.2) is 5.52 Å². The summed E-state index contributed by atoms with van der Waals surface area (Å²) in [7, 11) is -3.73. The molecule has 1 fully saturated rings. The Labute approximate surface area is 181 Å². The lowest BCUT2D eigenvalue weighted by Gasteiger charge is -2.18. The van der Waals surface area contributed by atoms with Gasteiger partial charge in [0, 0.05) is 0 Å². The lowest BCUT2D eigenvalue weighted by Crippen LogP contribution is -2.16. The Morgan fingerprint density at radius 1 is 1.13 bits per heavy atom. The largest absolute Gasteiger partial charge is 0.470 e. The summed E-state index contributed by atoms with van der Waals surface area (Å²) in [6, 6.07) is 9.85. The number of pyridine rings is 1. The fourth-order valence-corrected chi connectivity index (χ4v) is 3.57. The number of nitrogens with zero attached hydrogens (tertiary/aromatic N) is 3. The van der Waals surface area contributed by atoms with E-state index in [2.05, 4.69) is 32.1 Å². The van der Waals surface area contributed by atoms with Crippen LogP contribution in [-0.4, -0.2) is 29.0 Å². The van der Waals surface area contributed by atoms with Crippen LogP contribution in [0.4, 0.5) is 5.95 Å². The van der Waals surface area contributed by atoms with Gasteiger partial charge in [-0.1, -0.05) is 18.1 Å². The van der Waals surface area contributed by atoms with Crippen molar-refractivity contribution in [3.05, 3.63) is 47.7 Å². The number of ether oxygens (including phenoxy) is 1. The van der Waals surface area contributed by atoms with Crippen LogP contribution in [0.1, 0.15) is 50.9 Å². The second-order valence-electron chi connectivity index (χ2n) is 7.82. The summed E-state index contributed by atoms with van der Waals surface area (Å²) >= 11 is 0. The predicted molar refractivity (Wildman–Crippen MR) is 118 cm³/mol. The van der Waals surface area contributed by atoms with E-state index in [4.69, 9.17) is 9.88 Å². The topological polar surface area (TPSA) is 120 Å². The fraction of sp³-hybridized carbons (Fsp3) is 0.318. The van der Waals surface area contributed by atoms with Gasteiger partial charge in [-0.25, -0.2) is 23.5 Å². The monoisotopic (exact) mass is 437 g/mol. The van der Waals surface area contributed by atoms with Crippen molar-refractivity contribution in [2.75, 3.05) is 5.32 Å². The molecule has 9 heteroatoms. The molecule has 8 nitrogen and oxygen atoms in total. The fourth-order valence-electron chi connectivity index (χ4n) is 3.06. The van der Waals surface area contributed by atoms with Crippen molar-refractivity contribution >= 4 is 27.0 Å². The maximum absolute atomic E-state index is 11.5. The van der Waals surface area contributed by atoms with Crippen LogP contribution in [-0.2, 0) is 10.0 Å². The van der Waals surface area contributed by atoms with Crippen LogP contribution in [0.25, 0.3) is 11.0 Å². The van der Waals surface area contributed by atoms with Crippen LogP contribution in [0, 0.1) is 11.8 Å². The molecular formula is C22H23N5O3S. The number of nitrogens with one attached hydrogen (secondary N) is 1. The number of anilines is 1. The lowest BCUT2D eigenvalue weighted by atomic mass is 10.1. The zero-order chi connectivity index (χ0) is 22.2. The number of rotatable bonds is 6. The zero-order valence-corrected chi connectivity index (χ0v) is 18.3. The molecule has 0 aliphatic heterocycles. The van der Waals surface area contributed by atoms with Crippen LogP contribution in [0.5, 0.6) is 5.88 Å². The van der Waals surface area contributed by atoms with Crippen LogP contribution in [0.15, 0.2) is 41.3 Å². The Kier molecular flexibility index (Phi) is 5.29. The molecule has 0 unspecified atom stereocenters. The third kappa shape index (κ3) is 4.76. The van der Waals surface area contributed by atoms with Gasteiger partial charge < -0.3 is 10.1 Å². The van der Waals surface area contributed by atoms with E-state index >= 15 is 0 Å². The highest BCUT2D eigenvalue weighted by atomic mass is 32.2. The molecule has 0 bridgehead atoms. The Morgan fingerprint density at radius 2 is 1.84 bits per heavy atom. The molecule has 0 spiro atoms. The zero-order valence-electron chi connectivity index (χ0n) is 17.5. The van der Waals surface area contributed by atoms with Gasteiger partial charge in [-0.05, 0) is 69.4 Å². The van der Waals surface area contributed by atoms with Gasteiger partial charge in [-0.2, -0.15) is 4.98 Å². The van der Waals surface area contributed by atoms with Gasteiger partial charge in [0.05, 0.1) is 16.5 Å². The molecule has 31 heavy (non-hydrogen) atoms. The van der Waals surface area contributed by atoms with E-state index in [1.807, 2.05) is 26.0 Å². The van der Waals surface area contributed by atoms with Crippen LogP contribution >= 0.6 is 0 Å². The number of fused-ring (bicyclic) bond motifs is 1. The van der Waals surface area contributed by atoms with Crippen LogP contribution in [0.3, 0.4) is 0 Å². The molecule has 0 amide bonds. The standard InChI is InChI=1S/C22H23N5O3S/c1-4-5-16-8-11-18-19(25-16)20(30-22(3)12-13-22)27-21(26-18)24-14(2)15-6-9-17(10-7-15)31(23,28)29/h6-11,14H,12-13H2,1-3H3,(H2,23,28,29)(H,24,26,27)/t14-/m1/s1. The normalized spacial score (nSPS) is 15.6. The third-order valence-electron chi connectivity index (χ3n) is 5.11. The molecule has 160 valence electrons. The number of nitrogens with two attached hydrogens (primary N) is 1. The molecule has 1 aliphatic rings. The predicted octanol–water partition coefficient (Wildman–Crippen LogP) is 3.15. The number of benzene rings is 1. The van der Waals surface area contributed by atoms with Crippen LogP contribution < -0.4 is 15.2 Å². The van der Waals surface area contributed by atoms with E-state index in [1.165, 1.54) is 12.1 Å². The van der Waals surface area contributed by atoms with Crippen molar-refractivity contribution in [2.45, 2.75) is 50.2 Å². The van der Waals surface area contributed by atoms with E-state index in [1.54, 1.807) is 19.1 Å².